The van der Waals surface area contributed by atoms with Crippen molar-refractivity contribution in [3.05, 3.63) is 58.7 Å². The van der Waals surface area contributed by atoms with Gasteiger partial charge in [0.1, 0.15) is 12.2 Å². The Balaban J connectivity index is 1.98. The molecule has 0 spiro atoms. The van der Waals surface area contributed by atoms with Crippen LogP contribution in [0.25, 0.3) is 0 Å². The van der Waals surface area contributed by atoms with Gasteiger partial charge in [-0.25, -0.2) is 0 Å². The first-order chi connectivity index (χ1) is 11.4. The molecule has 2 unspecified atom stereocenters. The van der Waals surface area contributed by atoms with Gasteiger partial charge in [-0.2, -0.15) is 0 Å². The highest BCUT2D eigenvalue weighted by atomic mass is 16.5. The van der Waals surface area contributed by atoms with Crippen LogP contribution in [0.2, 0.25) is 0 Å². The number of aliphatic hydroxyl groups is 2. The summed E-state index contributed by atoms with van der Waals surface area (Å²) in [5.74, 6) is -0.423. The lowest BCUT2D eigenvalue weighted by Crippen LogP contribution is -2.27. The number of benzene rings is 2. The van der Waals surface area contributed by atoms with E-state index in [1.807, 2.05) is 0 Å². The highest BCUT2D eigenvalue weighted by Gasteiger charge is 2.33. The van der Waals surface area contributed by atoms with Crippen molar-refractivity contribution < 1.29 is 24.9 Å². The highest BCUT2D eigenvalue weighted by molar-refractivity contribution is 5.77. The van der Waals surface area contributed by atoms with Crippen molar-refractivity contribution in [2.24, 2.45) is 0 Å². The van der Waals surface area contributed by atoms with E-state index in [1.165, 1.54) is 11.0 Å². The fourth-order valence-electron chi connectivity index (χ4n) is 2.85. The molecule has 0 saturated heterocycles. The third-order valence-corrected chi connectivity index (χ3v) is 4.22. The van der Waals surface area contributed by atoms with Gasteiger partial charge in [0, 0.05) is 19.7 Å². The summed E-state index contributed by atoms with van der Waals surface area (Å²) in [5, 5.41) is 31.6. The van der Waals surface area contributed by atoms with Crippen molar-refractivity contribution in [1.82, 2.24) is 4.90 Å². The van der Waals surface area contributed by atoms with Crippen LogP contribution in [0.15, 0.2) is 36.4 Å². The topological polar surface area (TPSA) is 90.2 Å². The molecule has 1 aliphatic rings. The predicted octanol–water partition coefficient (Wildman–Crippen LogP) is 1.34. The Labute approximate surface area is 139 Å². The summed E-state index contributed by atoms with van der Waals surface area (Å²) < 4.78 is 5.36. The van der Waals surface area contributed by atoms with Gasteiger partial charge in [-0.15, -0.1) is 0 Å². The zero-order valence-corrected chi connectivity index (χ0v) is 13.4. The predicted molar refractivity (Wildman–Crippen MR) is 86.9 cm³/mol. The lowest BCUT2D eigenvalue weighted by atomic mass is 9.81. The number of phenols is 1. The standard InChI is InChI=1S/C18H19NO5/c1-19(2)14(20)9-24-13-8-7-12-15(18(13)23)17(22)11-6-4-3-5-10(11)16(12)21/h3-8,16-17,21-23H,9H2,1-2H3. The molecule has 0 saturated carbocycles. The summed E-state index contributed by atoms with van der Waals surface area (Å²) in [4.78, 5) is 13.0. The summed E-state index contributed by atoms with van der Waals surface area (Å²) in [6.07, 6.45) is -2.02. The molecular weight excluding hydrogens is 310 g/mol. The monoisotopic (exact) mass is 329 g/mol. The lowest BCUT2D eigenvalue weighted by molar-refractivity contribution is -0.130. The van der Waals surface area contributed by atoms with E-state index >= 15 is 0 Å². The summed E-state index contributed by atoms with van der Waals surface area (Å²) >= 11 is 0. The minimum Gasteiger partial charge on any atom is -0.504 e. The lowest BCUT2D eigenvalue weighted by Gasteiger charge is -2.30. The Morgan fingerprint density at radius 3 is 2.29 bits per heavy atom. The summed E-state index contributed by atoms with van der Waals surface area (Å²) in [6, 6.07) is 10.1. The van der Waals surface area contributed by atoms with Gasteiger partial charge in [0.15, 0.2) is 18.1 Å². The molecule has 2 aromatic carbocycles. The fourth-order valence-corrected chi connectivity index (χ4v) is 2.85. The second-order valence-electron chi connectivity index (χ2n) is 5.93. The van der Waals surface area contributed by atoms with Crippen LogP contribution < -0.4 is 4.74 Å². The fraction of sp³-hybridized carbons (Fsp3) is 0.278. The normalized spacial score (nSPS) is 18.5. The molecule has 6 heteroatoms. The van der Waals surface area contributed by atoms with Gasteiger partial charge in [0.25, 0.3) is 5.91 Å². The third-order valence-electron chi connectivity index (χ3n) is 4.22. The number of phenolic OH excluding ortho intramolecular Hbond substituents is 1. The molecule has 2 atom stereocenters. The van der Waals surface area contributed by atoms with Crippen LogP contribution in [0.1, 0.15) is 34.5 Å². The minimum absolute atomic E-state index is 0.0922. The number of ether oxygens (including phenoxy) is 1. The van der Waals surface area contributed by atoms with E-state index < -0.39 is 12.2 Å². The molecule has 1 amide bonds. The van der Waals surface area contributed by atoms with Gasteiger partial charge >= 0.3 is 0 Å². The molecule has 3 rings (SSSR count). The summed E-state index contributed by atoms with van der Waals surface area (Å²) in [6.45, 7) is -0.228. The molecule has 0 bridgehead atoms. The van der Waals surface area contributed by atoms with Gasteiger partial charge < -0.3 is 25.0 Å². The Hall–Kier alpha value is -2.57. The number of carbonyl (C=O) groups excluding carboxylic acids is 1. The van der Waals surface area contributed by atoms with Crippen LogP contribution in [-0.4, -0.2) is 46.8 Å². The maximum Gasteiger partial charge on any atom is 0.259 e. The molecule has 2 aromatic rings. The molecule has 24 heavy (non-hydrogen) atoms. The Morgan fingerprint density at radius 2 is 1.67 bits per heavy atom. The second kappa shape index (κ2) is 6.14. The van der Waals surface area contributed by atoms with Crippen LogP contribution in [-0.2, 0) is 4.79 Å². The van der Waals surface area contributed by atoms with E-state index in [2.05, 4.69) is 0 Å². The number of hydrogen-bond acceptors (Lipinski definition) is 5. The molecule has 6 nitrogen and oxygen atoms in total. The minimum atomic E-state index is -1.08. The van der Waals surface area contributed by atoms with Crippen molar-refractivity contribution in [3.63, 3.8) is 0 Å². The SMILES string of the molecule is CN(C)C(=O)COc1ccc2c(c1O)C(O)c1ccccc1C2O. The van der Waals surface area contributed by atoms with E-state index in [-0.39, 0.29) is 29.6 Å². The van der Waals surface area contributed by atoms with Gasteiger partial charge in [-0.05, 0) is 22.8 Å². The molecule has 0 heterocycles. The van der Waals surface area contributed by atoms with E-state index in [4.69, 9.17) is 4.74 Å². The number of fused-ring (bicyclic) bond motifs is 2. The first-order valence-corrected chi connectivity index (χ1v) is 7.55. The van der Waals surface area contributed by atoms with Crippen LogP contribution in [0.3, 0.4) is 0 Å². The van der Waals surface area contributed by atoms with Crippen LogP contribution in [0, 0.1) is 0 Å². The molecule has 0 fully saturated rings. The zero-order chi connectivity index (χ0) is 17.4. The van der Waals surface area contributed by atoms with Gasteiger partial charge in [-0.1, -0.05) is 30.3 Å². The molecule has 0 aromatic heterocycles. The second-order valence-corrected chi connectivity index (χ2v) is 5.93. The van der Waals surface area contributed by atoms with Crippen molar-refractivity contribution >= 4 is 5.91 Å². The largest absolute Gasteiger partial charge is 0.504 e. The van der Waals surface area contributed by atoms with E-state index in [0.717, 1.165) is 0 Å². The molecule has 0 radical (unpaired) electrons. The van der Waals surface area contributed by atoms with Crippen LogP contribution in [0.5, 0.6) is 11.5 Å². The highest BCUT2D eigenvalue weighted by Crippen LogP contribution is 2.47. The van der Waals surface area contributed by atoms with E-state index in [1.54, 1.807) is 44.4 Å². The average Bonchev–Trinajstić information content (AvgIpc) is 2.58. The molecule has 0 aliphatic heterocycles. The number of rotatable bonds is 3. The first kappa shape index (κ1) is 16.3. The molecule has 126 valence electrons. The molecule has 3 N–H and O–H groups in total. The van der Waals surface area contributed by atoms with Crippen molar-refractivity contribution in [2.75, 3.05) is 20.7 Å². The van der Waals surface area contributed by atoms with Gasteiger partial charge in [0.05, 0.1) is 0 Å². The van der Waals surface area contributed by atoms with Gasteiger partial charge in [-0.3, -0.25) is 4.79 Å². The molecule has 1 aliphatic carbocycles. The third kappa shape index (κ3) is 2.60. The number of aromatic hydroxyl groups is 1. The Kier molecular flexibility index (Phi) is 4.17. The number of hydrogen-bond donors (Lipinski definition) is 3. The average molecular weight is 329 g/mol. The van der Waals surface area contributed by atoms with Crippen molar-refractivity contribution in [2.45, 2.75) is 12.2 Å². The molecular formula is C18H19NO5. The van der Waals surface area contributed by atoms with Gasteiger partial charge in [0.2, 0.25) is 0 Å². The van der Waals surface area contributed by atoms with Crippen LogP contribution in [0.4, 0.5) is 0 Å². The van der Waals surface area contributed by atoms with Crippen molar-refractivity contribution in [1.29, 1.82) is 0 Å². The number of amides is 1. The quantitative estimate of drug-likeness (QED) is 0.790. The number of aliphatic hydroxyl groups excluding tert-OH is 2. The summed E-state index contributed by atoms with van der Waals surface area (Å²) in [7, 11) is 3.21. The number of likely N-dealkylation sites (N-methyl/N-ethyl adjacent to an activating group) is 1. The first-order valence-electron chi connectivity index (χ1n) is 7.55. The summed E-state index contributed by atoms with van der Waals surface area (Å²) in [5.41, 5.74) is 1.77. The smallest absolute Gasteiger partial charge is 0.259 e. The maximum atomic E-state index is 11.6. The maximum absolute atomic E-state index is 11.6. The van der Waals surface area contributed by atoms with E-state index in [0.29, 0.717) is 16.7 Å². The Morgan fingerprint density at radius 1 is 1.04 bits per heavy atom. The Bertz CT molecular complexity index is 787. The van der Waals surface area contributed by atoms with E-state index in [9.17, 15) is 20.1 Å². The number of nitrogens with zero attached hydrogens (tertiary/aromatic N) is 1. The van der Waals surface area contributed by atoms with Crippen LogP contribution >= 0.6 is 0 Å². The van der Waals surface area contributed by atoms with Crippen molar-refractivity contribution in [3.8, 4) is 11.5 Å². The number of carbonyl (C=O) groups is 1. The zero-order valence-electron chi connectivity index (χ0n) is 13.4.